The Morgan fingerprint density at radius 1 is 0.315 bits per heavy atom. The zero-order chi connectivity index (χ0) is 39.3. The first-order valence-corrected chi connectivity index (χ1v) is 24.6. The Hall–Kier alpha value is -1.10. The van der Waals surface area contributed by atoms with Crippen molar-refractivity contribution in [1.82, 2.24) is 0 Å². The van der Waals surface area contributed by atoms with Crippen molar-refractivity contribution in [3.05, 3.63) is 0 Å². The fourth-order valence-electron chi connectivity index (χ4n) is 7.43. The number of carbonyl (C=O) groups is 2. The molecule has 0 spiro atoms. The van der Waals surface area contributed by atoms with E-state index in [1.165, 1.54) is 205 Å². The standard InChI is InChI=1S/C49H96O5/c1-4-7-10-13-16-19-22-23-24-25-26-29-32-35-38-41-44-52-47(45-53-48(50)42-39-36-33-30-27-20-17-14-11-8-5-2)46-54-49(51)43-40-37-34-31-28-21-18-15-12-9-6-3/h47H,4-46H2,1-3H3. The average Bonchev–Trinajstić information content (AvgIpc) is 3.17. The molecule has 0 aromatic rings. The second-order valence-electron chi connectivity index (χ2n) is 16.7. The fourth-order valence-corrected chi connectivity index (χ4v) is 7.43. The van der Waals surface area contributed by atoms with Gasteiger partial charge in [-0.2, -0.15) is 0 Å². The predicted octanol–water partition coefficient (Wildman–Crippen LogP) is 16.1. The van der Waals surface area contributed by atoms with Crippen LogP contribution >= 0.6 is 0 Å². The van der Waals surface area contributed by atoms with Crippen molar-refractivity contribution in [2.24, 2.45) is 0 Å². The lowest BCUT2D eigenvalue weighted by Crippen LogP contribution is -2.29. The van der Waals surface area contributed by atoms with Gasteiger partial charge in [-0.05, 0) is 19.3 Å². The number of ether oxygens (including phenoxy) is 3. The Kier molecular flexibility index (Phi) is 45.3. The van der Waals surface area contributed by atoms with E-state index in [-0.39, 0.29) is 31.3 Å². The Balaban J connectivity index is 4.17. The van der Waals surface area contributed by atoms with Crippen molar-refractivity contribution in [1.29, 1.82) is 0 Å². The summed E-state index contributed by atoms with van der Waals surface area (Å²) in [7, 11) is 0. The summed E-state index contributed by atoms with van der Waals surface area (Å²) in [5, 5.41) is 0. The smallest absolute Gasteiger partial charge is 0.305 e. The van der Waals surface area contributed by atoms with Gasteiger partial charge in [0, 0.05) is 19.4 Å². The SMILES string of the molecule is CCCCCCCCCCCCCCCCCCOC(COC(=O)CCCCCCCCCCCCC)COC(=O)CCCCCCCCCCCCC. The minimum absolute atomic E-state index is 0.158. The van der Waals surface area contributed by atoms with Gasteiger partial charge in [-0.15, -0.1) is 0 Å². The van der Waals surface area contributed by atoms with Crippen LogP contribution in [0.4, 0.5) is 0 Å². The lowest BCUT2D eigenvalue weighted by atomic mass is 10.0. The Morgan fingerprint density at radius 3 is 0.796 bits per heavy atom. The summed E-state index contributed by atoms with van der Waals surface area (Å²) in [6, 6.07) is 0. The third-order valence-corrected chi connectivity index (χ3v) is 11.2. The second kappa shape index (κ2) is 46.3. The molecule has 54 heavy (non-hydrogen) atoms. The molecule has 0 heterocycles. The number of rotatable bonds is 46. The molecule has 0 unspecified atom stereocenters. The van der Waals surface area contributed by atoms with Crippen molar-refractivity contribution in [3.63, 3.8) is 0 Å². The maximum atomic E-state index is 12.5. The van der Waals surface area contributed by atoms with Crippen LogP contribution in [0.2, 0.25) is 0 Å². The van der Waals surface area contributed by atoms with Crippen molar-refractivity contribution in [2.75, 3.05) is 19.8 Å². The molecule has 0 amide bonds. The van der Waals surface area contributed by atoms with Gasteiger partial charge in [0.2, 0.25) is 0 Å². The molecule has 5 nitrogen and oxygen atoms in total. The van der Waals surface area contributed by atoms with Crippen LogP contribution in [0, 0.1) is 0 Å². The van der Waals surface area contributed by atoms with Crippen LogP contribution < -0.4 is 0 Å². The molecule has 0 rings (SSSR count). The third-order valence-electron chi connectivity index (χ3n) is 11.2. The molecule has 0 aliphatic rings. The molecule has 0 N–H and O–H groups in total. The minimum Gasteiger partial charge on any atom is -0.463 e. The molecule has 0 aliphatic heterocycles. The summed E-state index contributed by atoms with van der Waals surface area (Å²) in [4.78, 5) is 25.0. The van der Waals surface area contributed by atoms with Gasteiger partial charge in [0.15, 0.2) is 0 Å². The van der Waals surface area contributed by atoms with Crippen LogP contribution in [-0.4, -0.2) is 37.9 Å². The molecule has 0 fully saturated rings. The molecule has 0 atom stereocenters. The number of esters is 2. The molecule has 0 saturated carbocycles. The fraction of sp³-hybridized carbons (Fsp3) is 0.959. The molecule has 322 valence electrons. The highest BCUT2D eigenvalue weighted by molar-refractivity contribution is 5.69. The number of unbranched alkanes of at least 4 members (excludes halogenated alkanes) is 35. The maximum absolute atomic E-state index is 12.5. The number of hydrogen-bond acceptors (Lipinski definition) is 5. The Morgan fingerprint density at radius 2 is 0.537 bits per heavy atom. The van der Waals surface area contributed by atoms with Crippen molar-refractivity contribution >= 4 is 11.9 Å². The first kappa shape index (κ1) is 52.9. The normalized spacial score (nSPS) is 11.5. The quantitative estimate of drug-likeness (QED) is 0.0456. The van der Waals surface area contributed by atoms with E-state index in [0.29, 0.717) is 19.4 Å². The summed E-state index contributed by atoms with van der Waals surface area (Å²) >= 11 is 0. The lowest BCUT2D eigenvalue weighted by molar-refractivity contribution is -0.155. The number of carbonyl (C=O) groups excluding carboxylic acids is 2. The molecule has 0 aromatic carbocycles. The van der Waals surface area contributed by atoms with E-state index in [1.807, 2.05) is 0 Å². The third kappa shape index (κ3) is 43.6. The van der Waals surface area contributed by atoms with Crippen LogP contribution in [0.25, 0.3) is 0 Å². The minimum atomic E-state index is -0.385. The molecular formula is C49H96O5. The molecule has 0 aromatic heterocycles. The Bertz CT molecular complexity index is 698. The summed E-state index contributed by atoms with van der Waals surface area (Å²) in [6.07, 6.45) is 49.8. The molecule has 0 saturated heterocycles. The van der Waals surface area contributed by atoms with E-state index in [4.69, 9.17) is 14.2 Å². The Labute approximate surface area is 338 Å². The average molecular weight is 765 g/mol. The van der Waals surface area contributed by atoms with E-state index < -0.39 is 0 Å². The van der Waals surface area contributed by atoms with Gasteiger partial charge < -0.3 is 14.2 Å². The van der Waals surface area contributed by atoms with E-state index in [9.17, 15) is 9.59 Å². The first-order chi connectivity index (χ1) is 26.6. The van der Waals surface area contributed by atoms with Crippen molar-refractivity contribution in [3.8, 4) is 0 Å². The van der Waals surface area contributed by atoms with Gasteiger partial charge in [0.1, 0.15) is 19.3 Å². The molecule has 5 heteroatoms. The van der Waals surface area contributed by atoms with Crippen LogP contribution in [0.3, 0.4) is 0 Å². The largest absolute Gasteiger partial charge is 0.463 e. The summed E-state index contributed by atoms with van der Waals surface area (Å²) in [5.41, 5.74) is 0. The van der Waals surface area contributed by atoms with Crippen LogP contribution in [0.15, 0.2) is 0 Å². The van der Waals surface area contributed by atoms with Crippen LogP contribution in [0.5, 0.6) is 0 Å². The molecule has 0 bridgehead atoms. The highest BCUT2D eigenvalue weighted by Gasteiger charge is 2.16. The zero-order valence-corrected chi connectivity index (χ0v) is 37.0. The summed E-state index contributed by atoms with van der Waals surface area (Å²) < 4.78 is 17.4. The van der Waals surface area contributed by atoms with Crippen molar-refractivity contribution in [2.45, 2.75) is 284 Å². The van der Waals surface area contributed by atoms with Crippen LogP contribution in [0.1, 0.15) is 278 Å². The molecular weight excluding hydrogens is 669 g/mol. The molecule has 0 aliphatic carbocycles. The van der Waals surface area contributed by atoms with Gasteiger partial charge in [-0.3, -0.25) is 9.59 Å². The van der Waals surface area contributed by atoms with Gasteiger partial charge in [-0.25, -0.2) is 0 Å². The summed E-state index contributed by atoms with van der Waals surface area (Å²) in [5.74, 6) is -0.316. The van der Waals surface area contributed by atoms with E-state index in [0.717, 1.165) is 38.5 Å². The van der Waals surface area contributed by atoms with Crippen molar-refractivity contribution < 1.29 is 23.8 Å². The van der Waals surface area contributed by atoms with Gasteiger partial charge >= 0.3 is 11.9 Å². The molecule has 0 radical (unpaired) electrons. The highest BCUT2D eigenvalue weighted by Crippen LogP contribution is 2.16. The van der Waals surface area contributed by atoms with E-state index in [2.05, 4.69) is 20.8 Å². The predicted molar refractivity (Wildman–Crippen MR) is 233 cm³/mol. The van der Waals surface area contributed by atoms with E-state index >= 15 is 0 Å². The summed E-state index contributed by atoms with van der Waals surface area (Å²) in [6.45, 7) is 7.78. The zero-order valence-electron chi connectivity index (χ0n) is 37.0. The monoisotopic (exact) mass is 765 g/mol. The van der Waals surface area contributed by atoms with Gasteiger partial charge in [0.25, 0.3) is 0 Å². The van der Waals surface area contributed by atoms with Gasteiger partial charge in [-0.1, -0.05) is 245 Å². The van der Waals surface area contributed by atoms with Gasteiger partial charge in [0.05, 0.1) is 0 Å². The highest BCUT2D eigenvalue weighted by atomic mass is 16.6. The maximum Gasteiger partial charge on any atom is 0.305 e. The first-order valence-electron chi connectivity index (χ1n) is 24.6. The lowest BCUT2D eigenvalue weighted by Gasteiger charge is -2.18. The van der Waals surface area contributed by atoms with E-state index in [1.54, 1.807) is 0 Å². The van der Waals surface area contributed by atoms with Crippen LogP contribution in [-0.2, 0) is 23.8 Å². The number of hydrogen-bond donors (Lipinski definition) is 0. The second-order valence-corrected chi connectivity index (χ2v) is 16.7. The topological polar surface area (TPSA) is 61.8 Å².